The summed E-state index contributed by atoms with van der Waals surface area (Å²) in [4.78, 5) is 30.9. The highest BCUT2D eigenvalue weighted by Crippen LogP contribution is 2.21. The largest absolute Gasteiger partial charge is 0.462 e. The molecule has 0 unspecified atom stereocenters. The van der Waals surface area contributed by atoms with Crippen molar-refractivity contribution < 1.29 is 14.3 Å². The molecule has 1 aromatic heterocycles. The lowest BCUT2D eigenvalue weighted by molar-refractivity contribution is 0.0526. The standard InChI is InChI=1S/C21H22N2O3S3/c1-4-26-20(25)15-8-9-17-18(13-15)29-21(23(17)10-11-27-2)22-19(24)14-6-5-7-16(12-14)28-3/h5-9,12-13H,4,10-11H2,1-3H3. The second-order valence-corrected chi connectivity index (χ2v) is 8.96. The van der Waals surface area contributed by atoms with Crippen molar-refractivity contribution in [2.45, 2.75) is 18.4 Å². The van der Waals surface area contributed by atoms with E-state index in [2.05, 4.69) is 4.99 Å². The SMILES string of the molecule is CCOC(=O)c1ccc2c(c1)sc(=NC(=O)c1cccc(SC)c1)n2CCSC. The van der Waals surface area contributed by atoms with Gasteiger partial charge in [0.15, 0.2) is 4.80 Å². The average molecular weight is 447 g/mol. The van der Waals surface area contributed by atoms with Crippen LogP contribution in [-0.2, 0) is 11.3 Å². The Hall–Kier alpha value is -2.03. The number of nitrogens with zero attached hydrogens (tertiary/aromatic N) is 2. The Morgan fingerprint density at radius 1 is 1.14 bits per heavy atom. The number of carbonyl (C=O) groups excluding carboxylic acids is 2. The highest BCUT2D eigenvalue weighted by atomic mass is 32.2. The van der Waals surface area contributed by atoms with Gasteiger partial charge in [0.2, 0.25) is 0 Å². The molecule has 152 valence electrons. The van der Waals surface area contributed by atoms with Gasteiger partial charge in [-0.2, -0.15) is 16.8 Å². The highest BCUT2D eigenvalue weighted by Gasteiger charge is 2.13. The summed E-state index contributed by atoms with van der Waals surface area (Å²) in [5.74, 6) is 0.285. The number of carbonyl (C=O) groups is 2. The van der Waals surface area contributed by atoms with Gasteiger partial charge in [0, 0.05) is 22.8 Å². The van der Waals surface area contributed by atoms with Crippen LogP contribution in [0.1, 0.15) is 27.6 Å². The quantitative estimate of drug-likeness (QED) is 0.389. The summed E-state index contributed by atoms with van der Waals surface area (Å²) in [5.41, 5.74) is 2.03. The first-order valence-corrected chi connectivity index (χ1v) is 12.5. The lowest BCUT2D eigenvalue weighted by Gasteiger charge is -2.05. The Balaban J connectivity index is 2.07. The summed E-state index contributed by atoms with van der Waals surface area (Å²) in [5, 5.41) is 0. The van der Waals surface area contributed by atoms with E-state index < -0.39 is 0 Å². The third kappa shape index (κ3) is 5.12. The first-order chi connectivity index (χ1) is 14.1. The summed E-state index contributed by atoms with van der Waals surface area (Å²) in [6, 6.07) is 12.9. The summed E-state index contributed by atoms with van der Waals surface area (Å²) in [6.07, 6.45) is 4.02. The number of rotatable bonds is 7. The van der Waals surface area contributed by atoms with Crippen LogP contribution in [0.2, 0.25) is 0 Å². The summed E-state index contributed by atoms with van der Waals surface area (Å²) < 4.78 is 8.05. The first kappa shape index (κ1) is 21.7. The van der Waals surface area contributed by atoms with Crippen LogP contribution < -0.4 is 4.80 Å². The Kier molecular flexibility index (Phi) is 7.57. The second kappa shape index (κ2) is 10.1. The first-order valence-electron chi connectivity index (χ1n) is 9.10. The van der Waals surface area contributed by atoms with E-state index in [1.54, 1.807) is 42.6 Å². The van der Waals surface area contributed by atoms with Crippen molar-refractivity contribution >= 4 is 57.0 Å². The molecule has 0 aliphatic carbocycles. The summed E-state index contributed by atoms with van der Waals surface area (Å²) in [6.45, 7) is 2.85. The van der Waals surface area contributed by atoms with Gasteiger partial charge in [0.05, 0.1) is 22.4 Å². The zero-order valence-electron chi connectivity index (χ0n) is 16.5. The normalized spacial score (nSPS) is 11.8. The van der Waals surface area contributed by atoms with Gasteiger partial charge in [-0.15, -0.1) is 11.8 Å². The van der Waals surface area contributed by atoms with Crippen LogP contribution in [0, 0.1) is 0 Å². The van der Waals surface area contributed by atoms with Crippen LogP contribution in [0.25, 0.3) is 10.2 Å². The molecule has 0 fully saturated rings. The molecule has 0 spiro atoms. The molecule has 0 saturated heterocycles. The number of fused-ring (bicyclic) bond motifs is 1. The van der Waals surface area contributed by atoms with Crippen molar-refractivity contribution in [1.82, 2.24) is 4.57 Å². The predicted octanol–water partition coefficient (Wildman–Crippen LogP) is 4.71. The fraction of sp³-hybridized carbons (Fsp3) is 0.286. The molecular weight excluding hydrogens is 424 g/mol. The minimum atomic E-state index is -0.345. The van der Waals surface area contributed by atoms with Gasteiger partial charge in [-0.3, -0.25) is 4.79 Å². The van der Waals surface area contributed by atoms with Gasteiger partial charge in [-0.25, -0.2) is 4.79 Å². The molecule has 0 radical (unpaired) electrons. The van der Waals surface area contributed by atoms with Gasteiger partial charge in [0.25, 0.3) is 5.91 Å². The topological polar surface area (TPSA) is 60.7 Å². The van der Waals surface area contributed by atoms with Crippen LogP contribution in [0.5, 0.6) is 0 Å². The zero-order valence-corrected chi connectivity index (χ0v) is 19.0. The smallest absolute Gasteiger partial charge is 0.338 e. The van der Waals surface area contributed by atoms with Gasteiger partial charge in [-0.1, -0.05) is 17.4 Å². The minimum Gasteiger partial charge on any atom is -0.462 e. The van der Waals surface area contributed by atoms with E-state index in [4.69, 9.17) is 4.74 Å². The lowest BCUT2D eigenvalue weighted by Crippen LogP contribution is -2.18. The molecule has 3 aromatic rings. The molecule has 0 aliphatic heterocycles. The molecule has 8 heteroatoms. The predicted molar refractivity (Wildman–Crippen MR) is 122 cm³/mol. The lowest BCUT2D eigenvalue weighted by atomic mass is 10.2. The number of esters is 1. The van der Waals surface area contributed by atoms with Gasteiger partial charge < -0.3 is 9.30 Å². The zero-order chi connectivity index (χ0) is 20.8. The van der Waals surface area contributed by atoms with Crippen molar-refractivity contribution in [3.8, 4) is 0 Å². The maximum Gasteiger partial charge on any atom is 0.338 e. The monoisotopic (exact) mass is 446 g/mol. The van der Waals surface area contributed by atoms with Crippen molar-refractivity contribution in [1.29, 1.82) is 0 Å². The maximum atomic E-state index is 12.8. The Bertz CT molecular complexity index is 1100. The van der Waals surface area contributed by atoms with Crippen molar-refractivity contribution in [3.05, 3.63) is 58.4 Å². The number of thioether (sulfide) groups is 2. The molecule has 5 nitrogen and oxygen atoms in total. The van der Waals surface area contributed by atoms with Crippen LogP contribution >= 0.6 is 34.9 Å². The molecule has 0 bridgehead atoms. The minimum absolute atomic E-state index is 0.268. The van der Waals surface area contributed by atoms with E-state index in [1.165, 1.54) is 11.3 Å². The molecular formula is C21H22N2O3S3. The number of benzene rings is 2. The van der Waals surface area contributed by atoms with E-state index in [0.29, 0.717) is 22.5 Å². The van der Waals surface area contributed by atoms with E-state index in [0.717, 1.165) is 27.4 Å². The molecule has 29 heavy (non-hydrogen) atoms. The third-order valence-corrected chi connectivity index (χ3v) is 6.58. The number of hydrogen-bond donors (Lipinski definition) is 0. The Morgan fingerprint density at radius 3 is 2.69 bits per heavy atom. The van der Waals surface area contributed by atoms with E-state index >= 15 is 0 Å². The Morgan fingerprint density at radius 2 is 1.97 bits per heavy atom. The number of hydrogen-bond acceptors (Lipinski definition) is 6. The van der Waals surface area contributed by atoms with Crippen molar-refractivity contribution in [2.75, 3.05) is 24.9 Å². The van der Waals surface area contributed by atoms with Crippen molar-refractivity contribution in [3.63, 3.8) is 0 Å². The molecule has 1 amide bonds. The van der Waals surface area contributed by atoms with Crippen LogP contribution in [-0.4, -0.2) is 41.3 Å². The average Bonchev–Trinajstić information content (AvgIpc) is 3.08. The fourth-order valence-corrected chi connectivity index (χ4v) is 4.72. The van der Waals surface area contributed by atoms with Gasteiger partial charge >= 0.3 is 5.97 Å². The van der Waals surface area contributed by atoms with E-state index in [-0.39, 0.29) is 11.9 Å². The van der Waals surface area contributed by atoms with E-state index in [1.807, 2.05) is 47.4 Å². The maximum absolute atomic E-state index is 12.8. The molecule has 1 heterocycles. The van der Waals surface area contributed by atoms with Crippen LogP contribution in [0.3, 0.4) is 0 Å². The molecule has 0 saturated carbocycles. The fourth-order valence-electron chi connectivity index (χ4n) is 2.81. The third-order valence-electron chi connectivity index (χ3n) is 4.23. The number of amides is 1. The van der Waals surface area contributed by atoms with Crippen LogP contribution in [0.15, 0.2) is 52.4 Å². The van der Waals surface area contributed by atoms with Crippen molar-refractivity contribution in [2.24, 2.45) is 4.99 Å². The molecule has 0 aliphatic rings. The second-order valence-electron chi connectivity index (χ2n) is 6.08. The molecule has 2 aromatic carbocycles. The van der Waals surface area contributed by atoms with Gasteiger partial charge in [-0.05, 0) is 55.8 Å². The summed E-state index contributed by atoms with van der Waals surface area (Å²) >= 11 is 4.73. The highest BCUT2D eigenvalue weighted by molar-refractivity contribution is 7.98. The number of aromatic nitrogens is 1. The molecule has 0 N–H and O–H groups in total. The number of thiazole rings is 1. The summed E-state index contributed by atoms with van der Waals surface area (Å²) in [7, 11) is 0. The molecule has 0 atom stereocenters. The molecule has 3 rings (SSSR count). The number of aryl methyl sites for hydroxylation is 1. The van der Waals surface area contributed by atoms with Gasteiger partial charge in [0.1, 0.15) is 0 Å². The van der Waals surface area contributed by atoms with E-state index in [9.17, 15) is 9.59 Å². The number of ether oxygens (including phenoxy) is 1. The Labute approximate surface area is 182 Å². The van der Waals surface area contributed by atoms with Crippen LogP contribution in [0.4, 0.5) is 0 Å².